The Morgan fingerprint density at radius 1 is 1.40 bits per heavy atom. The molecule has 0 aliphatic carbocycles. The molecule has 0 saturated heterocycles. The molecule has 5 nitrogen and oxygen atoms in total. The minimum absolute atomic E-state index is 0.00145. The van der Waals surface area contributed by atoms with E-state index >= 15 is 0 Å². The maximum absolute atomic E-state index is 13.5. The number of hydrogen-bond donors (Lipinski definition) is 1. The number of guanidine groups is 1. The van der Waals surface area contributed by atoms with Crippen molar-refractivity contribution in [1.29, 1.82) is 5.26 Å². The Balaban J connectivity index is 2.04. The molecule has 2 heterocycles. The van der Waals surface area contributed by atoms with Gasteiger partial charge in [-0.1, -0.05) is 13.0 Å². The first-order valence-corrected chi connectivity index (χ1v) is 8.58. The van der Waals surface area contributed by atoms with Gasteiger partial charge in [-0.05, 0) is 41.6 Å². The standard InChI is InChI=1S/C18H17FN4OS/c1-10-16(24)23(3)17(21)22-18(10,2)15-7-13(9-25-15)11-4-5-14(19)12(6-11)8-20/h4-7,9-10H,1-3H3,(H2,21,22)/t10-,18-/m0/s1. The number of thiophene rings is 1. The Hall–Kier alpha value is -2.72. The molecule has 0 spiro atoms. The summed E-state index contributed by atoms with van der Waals surface area (Å²) in [6.07, 6.45) is 0. The number of hydrogen-bond acceptors (Lipinski definition) is 5. The lowest BCUT2D eigenvalue weighted by molar-refractivity contribution is -0.133. The second kappa shape index (κ2) is 5.97. The molecule has 1 aromatic heterocycles. The van der Waals surface area contributed by atoms with Crippen LogP contribution in [0, 0.1) is 23.1 Å². The summed E-state index contributed by atoms with van der Waals surface area (Å²) in [7, 11) is 1.61. The van der Waals surface area contributed by atoms with Gasteiger partial charge in [0.05, 0.1) is 11.5 Å². The molecule has 7 heteroatoms. The van der Waals surface area contributed by atoms with E-state index < -0.39 is 11.4 Å². The highest BCUT2D eigenvalue weighted by molar-refractivity contribution is 7.10. The summed E-state index contributed by atoms with van der Waals surface area (Å²) in [5.74, 6) is -0.799. The largest absolute Gasteiger partial charge is 0.369 e. The van der Waals surface area contributed by atoms with E-state index in [1.807, 2.05) is 31.4 Å². The predicted octanol–water partition coefficient (Wildman–Crippen LogP) is 3.06. The Labute approximate surface area is 149 Å². The molecule has 0 radical (unpaired) electrons. The summed E-state index contributed by atoms with van der Waals surface area (Å²) >= 11 is 1.47. The van der Waals surface area contributed by atoms with Gasteiger partial charge in [-0.3, -0.25) is 9.69 Å². The van der Waals surface area contributed by atoms with Gasteiger partial charge in [0.1, 0.15) is 17.4 Å². The lowest BCUT2D eigenvalue weighted by Crippen LogP contribution is -2.52. The van der Waals surface area contributed by atoms with Crippen molar-refractivity contribution in [2.75, 3.05) is 7.05 Å². The molecule has 2 aromatic rings. The van der Waals surface area contributed by atoms with Gasteiger partial charge in [0.25, 0.3) is 0 Å². The fraction of sp³-hybridized carbons (Fsp3) is 0.278. The molecule has 0 bridgehead atoms. The zero-order chi connectivity index (χ0) is 18.4. The molecule has 0 fully saturated rings. The molecule has 1 aliphatic rings. The quantitative estimate of drug-likeness (QED) is 0.898. The Morgan fingerprint density at radius 2 is 2.12 bits per heavy atom. The Bertz CT molecular complexity index is 929. The van der Waals surface area contributed by atoms with Crippen LogP contribution in [0.2, 0.25) is 0 Å². The van der Waals surface area contributed by atoms with E-state index in [2.05, 4.69) is 4.99 Å². The zero-order valence-corrected chi connectivity index (χ0v) is 14.9. The number of amides is 1. The van der Waals surface area contributed by atoms with Gasteiger partial charge in [0, 0.05) is 11.9 Å². The monoisotopic (exact) mass is 356 g/mol. The lowest BCUT2D eigenvalue weighted by Gasteiger charge is -2.37. The minimum atomic E-state index is -0.755. The summed E-state index contributed by atoms with van der Waals surface area (Å²) in [6.45, 7) is 3.72. The molecule has 0 unspecified atom stereocenters. The number of aliphatic imine (C=N–C) groups is 1. The van der Waals surface area contributed by atoms with Crippen LogP contribution in [-0.2, 0) is 10.3 Å². The molecular formula is C18H17FN4OS. The van der Waals surface area contributed by atoms with E-state index in [0.717, 1.165) is 16.0 Å². The number of benzene rings is 1. The van der Waals surface area contributed by atoms with Gasteiger partial charge >= 0.3 is 0 Å². The van der Waals surface area contributed by atoms with Crippen molar-refractivity contribution in [3.05, 3.63) is 45.9 Å². The first-order chi connectivity index (χ1) is 11.8. The third-order valence-electron chi connectivity index (χ3n) is 4.75. The van der Waals surface area contributed by atoms with Gasteiger partial charge < -0.3 is 5.73 Å². The van der Waals surface area contributed by atoms with Crippen LogP contribution in [-0.4, -0.2) is 23.8 Å². The normalized spacial score (nSPS) is 23.3. The van der Waals surface area contributed by atoms with E-state index in [9.17, 15) is 9.18 Å². The second-order valence-corrected chi connectivity index (χ2v) is 7.15. The highest BCUT2D eigenvalue weighted by Gasteiger charge is 2.44. The summed E-state index contributed by atoms with van der Waals surface area (Å²) in [6, 6.07) is 8.20. The molecular weight excluding hydrogens is 339 g/mol. The summed E-state index contributed by atoms with van der Waals surface area (Å²) in [5, 5.41) is 10.9. The SMILES string of the molecule is C[C@H]1C(=O)N(C)C(N)=N[C@]1(C)c1cc(-c2ccc(F)c(C#N)c2)cs1. The average molecular weight is 356 g/mol. The number of rotatable bonds is 2. The molecule has 1 aromatic carbocycles. The summed E-state index contributed by atoms with van der Waals surface area (Å²) in [4.78, 5) is 19.2. The third-order valence-corrected chi connectivity index (χ3v) is 5.91. The van der Waals surface area contributed by atoms with Crippen LogP contribution < -0.4 is 5.73 Å². The van der Waals surface area contributed by atoms with E-state index in [0.29, 0.717) is 0 Å². The zero-order valence-electron chi connectivity index (χ0n) is 14.1. The Kier molecular flexibility index (Phi) is 4.09. The van der Waals surface area contributed by atoms with E-state index in [1.165, 1.54) is 28.4 Å². The van der Waals surface area contributed by atoms with E-state index in [4.69, 9.17) is 11.0 Å². The van der Waals surface area contributed by atoms with Crippen LogP contribution in [0.4, 0.5) is 4.39 Å². The lowest BCUT2D eigenvalue weighted by atomic mass is 9.83. The van der Waals surface area contributed by atoms with Crippen LogP contribution in [0.1, 0.15) is 24.3 Å². The molecule has 25 heavy (non-hydrogen) atoms. The molecule has 1 amide bonds. The predicted molar refractivity (Wildman–Crippen MR) is 95.3 cm³/mol. The van der Waals surface area contributed by atoms with Crippen LogP contribution in [0.3, 0.4) is 0 Å². The van der Waals surface area contributed by atoms with Crippen LogP contribution in [0.5, 0.6) is 0 Å². The van der Waals surface area contributed by atoms with Crippen LogP contribution in [0.25, 0.3) is 11.1 Å². The molecule has 2 N–H and O–H groups in total. The molecule has 2 atom stereocenters. The molecule has 3 rings (SSSR count). The summed E-state index contributed by atoms with van der Waals surface area (Å²) in [5.41, 5.74) is 6.74. The fourth-order valence-electron chi connectivity index (χ4n) is 2.87. The van der Waals surface area contributed by atoms with Crippen molar-refractivity contribution >= 4 is 23.2 Å². The number of nitriles is 1. The van der Waals surface area contributed by atoms with Crippen molar-refractivity contribution in [2.45, 2.75) is 19.4 Å². The van der Waals surface area contributed by atoms with E-state index in [1.54, 1.807) is 13.1 Å². The van der Waals surface area contributed by atoms with Crippen molar-refractivity contribution < 1.29 is 9.18 Å². The van der Waals surface area contributed by atoms with Crippen molar-refractivity contribution in [3.8, 4) is 17.2 Å². The highest BCUT2D eigenvalue weighted by atomic mass is 32.1. The summed E-state index contributed by atoms with van der Waals surface area (Å²) < 4.78 is 13.5. The number of nitrogens with two attached hydrogens (primary N) is 1. The number of halogens is 1. The third kappa shape index (κ3) is 2.68. The van der Waals surface area contributed by atoms with Crippen molar-refractivity contribution in [2.24, 2.45) is 16.6 Å². The van der Waals surface area contributed by atoms with Gasteiger partial charge in [0.2, 0.25) is 5.91 Å². The minimum Gasteiger partial charge on any atom is -0.369 e. The molecule has 1 aliphatic heterocycles. The van der Waals surface area contributed by atoms with Crippen LogP contribution >= 0.6 is 11.3 Å². The molecule has 0 saturated carbocycles. The topological polar surface area (TPSA) is 82.5 Å². The van der Waals surface area contributed by atoms with Gasteiger partial charge in [-0.2, -0.15) is 5.26 Å². The Morgan fingerprint density at radius 3 is 2.80 bits per heavy atom. The maximum atomic E-state index is 13.5. The second-order valence-electron chi connectivity index (χ2n) is 6.24. The van der Waals surface area contributed by atoms with Gasteiger partial charge in [-0.25, -0.2) is 9.38 Å². The average Bonchev–Trinajstić information content (AvgIpc) is 3.09. The highest BCUT2D eigenvalue weighted by Crippen LogP contribution is 2.42. The molecule has 128 valence electrons. The fourth-order valence-corrected chi connectivity index (χ4v) is 3.98. The number of nitrogens with zero attached hydrogens (tertiary/aromatic N) is 3. The number of carbonyl (C=O) groups excluding carboxylic acids is 1. The van der Waals surface area contributed by atoms with Crippen LogP contribution in [0.15, 0.2) is 34.6 Å². The number of carbonyl (C=O) groups is 1. The smallest absolute Gasteiger partial charge is 0.234 e. The van der Waals surface area contributed by atoms with Gasteiger partial charge in [-0.15, -0.1) is 11.3 Å². The van der Waals surface area contributed by atoms with E-state index in [-0.39, 0.29) is 23.3 Å². The van der Waals surface area contributed by atoms with Crippen molar-refractivity contribution in [3.63, 3.8) is 0 Å². The van der Waals surface area contributed by atoms with Crippen molar-refractivity contribution in [1.82, 2.24) is 4.90 Å². The van der Waals surface area contributed by atoms with Gasteiger partial charge in [0.15, 0.2) is 5.96 Å². The first-order valence-electron chi connectivity index (χ1n) is 7.70. The first kappa shape index (κ1) is 17.1. The maximum Gasteiger partial charge on any atom is 0.234 e.